The molecule has 6 heteroatoms. The largest absolute Gasteiger partial charge is 0.478 e. The molecule has 102 valence electrons. The summed E-state index contributed by atoms with van der Waals surface area (Å²) in [6, 6.07) is 2.87. The SMILES string of the molecule is CC(C)(C)NC(=O)Nc1cc(/C=C/C(=O)O)ccn1. The van der Waals surface area contributed by atoms with Crippen LogP contribution in [0, 0.1) is 0 Å². The van der Waals surface area contributed by atoms with E-state index in [4.69, 9.17) is 5.11 Å². The molecule has 0 fully saturated rings. The van der Waals surface area contributed by atoms with E-state index in [1.807, 2.05) is 20.8 Å². The summed E-state index contributed by atoms with van der Waals surface area (Å²) in [6.45, 7) is 5.60. The second kappa shape index (κ2) is 5.99. The lowest BCUT2D eigenvalue weighted by atomic mass is 10.1. The van der Waals surface area contributed by atoms with E-state index in [1.165, 1.54) is 12.3 Å². The van der Waals surface area contributed by atoms with E-state index in [0.29, 0.717) is 11.4 Å². The van der Waals surface area contributed by atoms with Crippen molar-refractivity contribution < 1.29 is 14.7 Å². The molecule has 2 amide bonds. The molecular formula is C13H17N3O3. The normalized spacial score (nSPS) is 11.3. The molecule has 0 aliphatic rings. The first kappa shape index (κ1) is 14.7. The van der Waals surface area contributed by atoms with Crippen LogP contribution in [0.3, 0.4) is 0 Å². The molecule has 0 aliphatic carbocycles. The molecule has 1 aromatic rings. The highest BCUT2D eigenvalue weighted by molar-refractivity contribution is 5.89. The average molecular weight is 263 g/mol. The number of pyridine rings is 1. The van der Waals surface area contributed by atoms with Gasteiger partial charge < -0.3 is 10.4 Å². The second-order valence-electron chi connectivity index (χ2n) is 4.98. The molecule has 0 saturated carbocycles. The number of urea groups is 1. The van der Waals surface area contributed by atoms with E-state index in [2.05, 4.69) is 15.6 Å². The molecule has 0 atom stereocenters. The van der Waals surface area contributed by atoms with Gasteiger partial charge in [0.1, 0.15) is 5.82 Å². The number of hydrogen-bond donors (Lipinski definition) is 3. The first-order valence-electron chi connectivity index (χ1n) is 5.72. The smallest absolute Gasteiger partial charge is 0.328 e. The van der Waals surface area contributed by atoms with Gasteiger partial charge in [-0.1, -0.05) is 0 Å². The highest BCUT2D eigenvalue weighted by Gasteiger charge is 2.13. The minimum Gasteiger partial charge on any atom is -0.478 e. The summed E-state index contributed by atoms with van der Waals surface area (Å²) in [4.78, 5) is 26.0. The molecule has 19 heavy (non-hydrogen) atoms. The fourth-order valence-corrected chi connectivity index (χ4v) is 1.27. The van der Waals surface area contributed by atoms with Gasteiger partial charge in [0, 0.05) is 17.8 Å². The Labute approximate surface area is 111 Å². The monoisotopic (exact) mass is 263 g/mol. The number of aromatic nitrogens is 1. The number of rotatable bonds is 3. The van der Waals surface area contributed by atoms with Crippen LogP contribution in [0.2, 0.25) is 0 Å². The third kappa shape index (κ3) is 6.21. The Balaban J connectivity index is 2.72. The lowest BCUT2D eigenvalue weighted by molar-refractivity contribution is -0.131. The third-order valence-corrected chi connectivity index (χ3v) is 1.93. The van der Waals surface area contributed by atoms with Crippen molar-refractivity contribution in [3.63, 3.8) is 0 Å². The fourth-order valence-electron chi connectivity index (χ4n) is 1.27. The van der Waals surface area contributed by atoms with E-state index < -0.39 is 5.97 Å². The zero-order chi connectivity index (χ0) is 14.5. The van der Waals surface area contributed by atoms with E-state index in [0.717, 1.165) is 6.08 Å². The third-order valence-electron chi connectivity index (χ3n) is 1.93. The Kier molecular flexibility index (Phi) is 4.63. The molecule has 6 nitrogen and oxygen atoms in total. The highest BCUT2D eigenvalue weighted by atomic mass is 16.4. The van der Waals surface area contributed by atoms with Crippen molar-refractivity contribution in [1.82, 2.24) is 10.3 Å². The van der Waals surface area contributed by atoms with Crippen molar-refractivity contribution >= 4 is 23.9 Å². The van der Waals surface area contributed by atoms with Gasteiger partial charge >= 0.3 is 12.0 Å². The van der Waals surface area contributed by atoms with Gasteiger partial charge in [0.2, 0.25) is 0 Å². The van der Waals surface area contributed by atoms with Gasteiger partial charge in [-0.3, -0.25) is 5.32 Å². The highest BCUT2D eigenvalue weighted by Crippen LogP contribution is 2.09. The minimum absolute atomic E-state index is 0.342. The number of carboxylic acids is 1. The first-order chi connectivity index (χ1) is 8.76. The molecule has 0 saturated heterocycles. The molecule has 0 aromatic carbocycles. The molecule has 0 aliphatic heterocycles. The maximum Gasteiger partial charge on any atom is 0.328 e. The van der Waals surface area contributed by atoms with Crippen molar-refractivity contribution in [3.05, 3.63) is 30.0 Å². The molecular weight excluding hydrogens is 246 g/mol. The lowest BCUT2D eigenvalue weighted by Gasteiger charge is -2.20. The average Bonchev–Trinajstić information content (AvgIpc) is 2.24. The van der Waals surface area contributed by atoms with Crippen LogP contribution in [0.15, 0.2) is 24.4 Å². The summed E-state index contributed by atoms with van der Waals surface area (Å²) in [5.41, 5.74) is 0.300. The lowest BCUT2D eigenvalue weighted by Crippen LogP contribution is -2.43. The van der Waals surface area contributed by atoms with Gasteiger partial charge in [-0.15, -0.1) is 0 Å². The van der Waals surface area contributed by atoms with Gasteiger partial charge in [-0.2, -0.15) is 0 Å². The second-order valence-corrected chi connectivity index (χ2v) is 4.98. The van der Waals surface area contributed by atoms with E-state index in [-0.39, 0.29) is 11.6 Å². The quantitative estimate of drug-likeness (QED) is 0.728. The molecule has 1 heterocycles. The van der Waals surface area contributed by atoms with E-state index in [1.54, 1.807) is 12.1 Å². The minimum atomic E-state index is -1.03. The number of carboxylic acid groups (broad SMARTS) is 1. The maximum atomic E-state index is 11.6. The van der Waals surface area contributed by atoms with Crippen molar-refractivity contribution in [1.29, 1.82) is 0 Å². The summed E-state index contributed by atoms with van der Waals surface area (Å²) in [7, 11) is 0. The predicted octanol–water partition coefficient (Wildman–Crippen LogP) is 2.10. The number of aliphatic carboxylic acids is 1. The summed E-state index contributed by atoms with van der Waals surface area (Å²) in [6.07, 6.45) is 3.94. The molecule has 1 rings (SSSR count). The summed E-state index contributed by atoms with van der Waals surface area (Å²) in [5, 5.41) is 13.9. The number of anilines is 1. The van der Waals surface area contributed by atoms with Crippen LogP contribution in [0.5, 0.6) is 0 Å². The van der Waals surface area contributed by atoms with Gasteiger partial charge in [0.15, 0.2) is 0 Å². The van der Waals surface area contributed by atoms with Crippen molar-refractivity contribution in [2.24, 2.45) is 0 Å². The van der Waals surface area contributed by atoms with Crippen LogP contribution in [0.25, 0.3) is 6.08 Å². The van der Waals surface area contributed by atoms with E-state index in [9.17, 15) is 9.59 Å². The Morgan fingerprint density at radius 3 is 2.63 bits per heavy atom. The molecule has 0 bridgehead atoms. The van der Waals surface area contributed by atoms with Crippen LogP contribution in [0.1, 0.15) is 26.3 Å². The Morgan fingerprint density at radius 2 is 2.05 bits per heavy atom. The van der Waals surface area contributed by atoms with Crippen molar-refractivity contribution in [2.45, 2.75) is 26.3 Å². The van der Waals surface area contributed by atoms with Crippen LogP contribution >= 0.6 is 0 Å². The first-order valence-corrected chi connectivity index (χ1v) is 5.72. The van der Waals surface area contributed by atoms with Crippen molar-refractivity contribution in [2.75, 3.05) is 5.32 Å². The van der Waals surface area contributed by atoms with Crippen LogP contribution in [-0.4, -0.2) is 27.6 Å². The summed E-state index contributed by atoms with van der Waals surface area (Å²) in [5.74, 6) is -0.675. The van der Waals surface area contributed by atoms with Crippen LogP contribution in [-0.2, 0) is 4.79 Å². The maximum absolute atomic E-state index is 11.6. The van der Waals surface area contributed by atoms with Crippen molar-refractivity contribution in [3.8, 4) is 0 Å². The Bertz CT molecular complexity index is 504. The number of nitrogens with one attached hydrogen (secondary N) is 2. The molecule has 0 spiro atoms. The predicted molar refractivity (Wildman–Crippen MR) is 72.8 cm³/mol. The van der Waals surface area contributed by atoms with E-state index >= 15 is 0 Å². The van der Waals surface area contributed by atoms with Crippen LogP contribution < -0.4 is 10.6 Å². The molecule has 3 N–H and O–H groups in total. The molecule has 1 aromatic heterocycles. The number of carbonyl (C=O) groups excluding carboxylic acids is 1. The summed E-state index contributed by atoms with van der Waals surface area (Å²) < 4.78 is 0. The van der Waals surface area contributed by atoms with Crippen LogP contribution in [0.4, 0.5) is 10.6 Å². The number of nitrogens with zero attached hydrogens (tertiary/aromatic N) is 1. The number of carbonyl (C=O) groups is 2. The molecule has 0 unspecified atom stereocenters. The van der Waals surface area contributed by atoms with Gasteiger partial charge in [0.05, 0.1) is 0 Å². The molecule has 0 radical (unpaired) electrons. The fraction of sp³-hybridized carbons (Fsp3) is 0.308. The standard InChI is InChI=1S/C13H17N3O3/c1-13(2,3)16-12(19)15-10-8-9(6-7-14-10)4-5-11(17)18/h4-8H,1-3H3,(H,17,18)(H2,14,15,16,19)/b5-4+. The summed E-state index contributed by atoms with van der Waals surface area (Å²) >= 11 is 0. The number of hydrogen-bond acceptors (Lipinski definition) is 3. The zero-order valence-corrected chi connectivity index (χ0v) is 11.1. The van der Waals surface area contributed by atoms with Gasteiger partial charge in [0.25, 0.3) is 0 Å². The topological polar surface area (TPSA) is 91.3 Å². The Hall–Kier alpha value is -2.37. The Morgan fingerprint density at radius 1 is 1.37 bits per heavy atom. The number of amides is 2. The van der Waals surface area contributed by atoms with Gasteiger partial charge in [-0.05, 0) is 44.5 Å². The zero-order valence-electron chi connectivity index (χ0n) is 11.1. The van der Waals surface area contributed by atoms with Gasteiger partial charge in [-0.25, -0.2) is 14.6 Å².